The lowest BCUT2D eigenvalue weighted by molar-refractivity contribution is -0.308. The second kappa shape index (κ2) is 25.8. The first-order valence-corrected chi connectivity index (χ1v) is 28.4. The van der Waals surface area contributed by atoms with E-state index in [1.54, 1.807) is 72.0 Å². The maximum atomic E-state index is 14.8. The molecule has 0 spiro atoms. The van der Waals surface area contributed by atoms with Crippen molar-refractivity contribution in [1.82, 2.24) is 24.8 Å². The van der Waals surface area contributed by atoms with E-state index < -0.39 is 119 Å². The summed E-state index contributed by atoms with van der Waals surface area (Å²) < 4.78 is 84.3. The van der Waals surface area contributed by atoms with Crippen LogP contribution in [0.2, 0.25) is 0 Å². The van der Waals surface area contributed by atoms with E-state index in [9.17, 15) is 38.0 Å². The molecule has 0 radical (unpaired) electrons. The Balaban J connectivity index is 1.41. The largest absolute Gasteiger partial charge is 0.459 e. The normalized spacial score (nSPS) is 38.5. The molecule has 19 nitrogen and oxygen atoms in total. The van der Waals surface area contributed by atoms with Gasteiger partial charge in [0.2, 0.25) is 0 Å². The van der Waals surface area contributed by atoms with Gasteiger partial charge in [0.25, 0.3) is 0 Å². The van der Waals surface area contributed by atoms with Crippen LogP contribution in [0.5, 0.6) is 0 Å². The molecule has 0 amide bonds. The average molecular weight is 1070 g/mol. The lowest BCUT2D eigenvalue weighted by Gasteiger charge is -2.48. The fourth-order valence-corrected chi connectivity index (χ4v) is 12.4. The summed E-state index contributed by atoms with van der Waals surface area (Å²) in [6.45, 7) is 18.0. The third-order valence-corrected chi connectivity index (χ3v) is 17.0. The average Bonchev–Trinajstić information content (AvgIpc) is 3.80. The molecule has 2 aromatic rings. The summed E-state index contributed by atoms with van der Waals surface area (Å²) in [5.41, 5.74) is -2.50. The Morgan fingerprint density at radius 1 is 0.959 bits per heavy atom. The van der Waals surface area contributed by atoms with Gasteiger partial charge in [-0.2, -0.15) is 0 Å². The molecule has 4 heterocycles. The van der Waals surface area contributed by atoms with Crippen LogP contribution in [0.4, 0.5) is 4.39 Å². The van der Waals surface area contributed by atoms with Gasteiger partial charge in [-0.1, -0.05) is 50.3 Å². The van der Waals surface area contributed by atoms with E-state index in [2.05, 4.69) is 15.2 Å². The number of aliphatic hydroxyl groups excluding tert-OH is 2. The van der Waals surface area contributed by atoms with Crippen molar-refractivity contribution in [2.24, 2.45) is 17.8 Å². The number of aliphatic hydroxyl groups is 4. The second-order valence-electron chi connectivity index (χ2n) is 22.7. The number of methoxy groups -OCH3 is 2. The van der Waals surface area contributed by atoms with Crippen molar-refractivity contribution in [3.8, 4) is 0 Å². The quantitative estimate of drug-likeness (QED) is 0.159. The smallest absolute Gasteiger partial charge is 0.311 e. The molecule has 19 atom stereocenters. The minimum atomic E-state index is -3.23. The number of halogens is 1. The monoisotopic (exact) mass is 1070 g/mol. The molecule has 0 saturated carbocycles. The van der Waals surface area contributed by atoms with Crippen LogP contribution in [-0.4, -0.2) is 198 Å². The highest BCUT2D eigenvalue weighted by Gasteiger charge is 2.52. The number of esters is 1. The molecule has 5 rings (SSSR count). The van der Waals surface area contributed by atoms with Gasteiger partial charge < -0.3 is 63.4 Å². The molecular weight excluding hydrogens is 982 g/mol. The number of alkyl halides is 1. The van der Waals surface area contributed by atoms with Crippen molar-refractivity contribution in [2.75, 3.05) is 54.3 Å². The van der Waals surface area contributed by atoms with Gasteiger partial charge in [-0.05, 0) is 98.9 Å². The van der Waals surface area contributed by atoms with Crippen LogP contribution in [0.25, 0.3) is 0 Å². The Hall–Kier alpha value is -2.77. The molecule has 0 unspecified atom stereocenters. The van der Waals surface area contributed by atoms with E-state index in [1.165, 1.54) is 32.1 Å². The zero-order chi connectivity index (χ0) is 55.2. The molecule has 3 aliphatic heterocycles. The summed E-state index contributed by atoms with van der Waals surface area (Å²) in [7, 11) is 3.63. The lowest BCUT2D eigenvalue weighted by atomic mass is 9.77. The molecule has 0 bridgehead atoms. The molecule has 1 aromatic heterocycles. The summed E-state index contributed by atoms with van der Waals surface area (Å²) in [4.78, 5) is 18.6. The van der Waals surface area contributed by atoms with Crippen molar-refractivity contribution in [1.29, 1.82) is 0 Å². The molecule has 3 aliphatic rings. The van der Waals surface area contributed by atoms with Gasteiger partial charge in [0.05, 0.1) is 53.0 Å². The SMILES string of the molecule is CC[C@H]1OC(=O)[C@H](C)[C@@H](O[C@H]2C[C@@](C)(OC)[C@@H](O)[C@H](C)O2)[C@H](C)[C@@H](O[C@H]2C[C@@H](N(C)CCc3cn([C@H](CF)[C@H](OC)c4ccc(CS(C)(=O)=O)cc4)nn3)C[C@@H](C)O2)[C@](C)(O)C[C@@H](C)CN(C)[C@H](C)[C@@H](O)[C@]1(C)O. The number of ether oxygens (including phenoxy) is 7. The van der Waals surface area contributed by atoms with Crippen LogP contribution in [0.3, 0.4) is 0 Å². The van der Waals surface area contributed by atoms with Gasteiger partial charge in [-0.25, -0.2) is 17.5 Å². The number of cyclic esters (lactones) is 1. The van der Waals surface area contributed by atoms with Crippen LogP contribution in [-0.2, 0) is 60.0 Å². The number of carbonyl (C=O) groups excluding carboxylic acids is 1. The number of rotatable bonds is 17. The Morgan fingerprint density at radius 3 is 2.22 bits per heavy atom. The topological polar surface area (TPSA) is 234 Å². The molecule has 1 aromatic carbocycles. The summed E-state index contributed by atoms with van der Waals surface area (Å²) >= 11 is 0. The van der Waals surface area contributed by atoms with Crippen LogP contribution >= 0.6 is 0 Å². The molecule has 21 heteroatoms. The highest BCUT2D eigenvalue weighted by molar-refractivity contribution is 7.89. The maximum Gasteiger partial charge on any atom is 0.311 e. The summed E-state index contributed by atoms with van der Waals surface area (Å²) in [6.07, 6.45) is -3.81. The van der Waals surface area contributed by atoms with Crippen molar-refractivity contribution in [2.45, 2.75) is 210 Å². The van der Waals surface area contributed by atoms with Crippen molar-refractivity contribution >= 4 is 15.8 Å². The Bertz CT molecular complexity index is 2190. The van der Waals surface area contributed by atoms with E-state index in [-0.39, 0.29) is 43.1 Å². The van der Waals surface area contributed by atoms with Crippen LogP contribution < -0.4 is 0 Å². The molecule has 3 fully saturated rings. The van der Waals surface area contributed by atoms with Gasteiger partial charge in [0.1, 0.15) is 42.7 Å². The third-order valence-electron chi connectivity index (χ3n) is 16.1. The van der Waals surface area contributed by atoms with E-state index in [4.69, 9.17) is 33.2 Å². The van der Waals surface area contributed by atoms with Gasteiger partial charge in [0, 0.05) is 77.0 Å². The van der Waals surface area contributed by atoms with Gasteiger partial charge in [-0.15, -0.1) is 5.10 Å². The number of aromatic nitrogens is 3. The number of carbonyl (C=O) groups is 1. The number of likely N-dealkylation sites (N-methyl/N-ethyl adjacent to an activating group) is 2. The third kappa shape index (κ3) is 15.3. The minimum Gasteiger partial charge on any atom is -0.459 e. The lowest BCUT2D eigenvalue weighted by Crippen LogP contribution is -2.59. The Morgan fingerprint density at radius 2 is 1.62 bits per heavy atom. The standard InChI is InChI=1S/C53H90FN5O14S/c1-16-42-53(10,64)47(60)35(6)58(12)28-31(2)25-51(8,63)49(33(4)45(34(5)50(62)71-42)72-44-26-52(9,68-14)48(61)36(7)70-44)73-43-24-40(23-32(3)69-43)57(11)22-21-39-29-59(56-55-39)41(27-54)46(67-13)38-19-17-37(18-20-38)30-74(15,65)66/h17-20,29,31-36,40-49,60-61,63-64H,16,21-28,30H2,1-15H3/t31-,32-,33+,34-,35-,36+,40+,41-,42-,43+,44+,45+,46-,47-,48+,49-,51-,52-,53-/m1/s1. The first-order valence-electron chi connectivity index (χ1n) is 26.3. The van der Waals surface area contributed by atoms with Crippen LogP contribution in [0, 0.1) is 17.8 Å². The first kappa shape index (κ1) is 62.1. The summed E-state index contributed by atoms with van der Waals surface area (Å²) in [6, 6.07) is 5.44. The van der Waals surface area contributed by atoms with E-state index >= 15 is 0 Å². The second-order valence-corrected chi connectivity index (χ2v) is 24.8. The van der Waals surface area contributed by atoms with E-state index in [1.807, 2.05) is 39.8 Å². The van der Waals surface area contributed by atoms with Gasteiger partial charge in [0.15, 0.2) is 22.4 Å². The predicted octanol–water partition coefficient (Wildman–Crippen LogP) is 4.58. The number of hydrogen-bond acceptors (Lipinski definition) is 18. The molecular formula is C53H90FN5O14S. The predicted molar refractivity (Wildman–Crippen MR) is 275 cm³/mol. The number of sulfone groups is 1. The maximum absolute atomic E-state index is 14.8. The highest BCUT2D eigenvalue weighted by Crippen LogP contribution is 2.40. The first-order chi connectivity index (χ1) is 34.5. The molecule has 4 N–H and O–H groups in total. The molecule has 74 heavy (non-hydrogen) atoms. The van der Waals surface area contributed by atoms with Crippen molar-refractivity contribution in [3.63, 3.8) is 0 Å². The molecule has 424 valence electrons. The van der Waals surface area contributed by atoms with E-state index in [0.29, 0.717) is 49.2 Å². The van der Waals surface area contributed by atoms with Crippen LogP contribution in [0.1, 0.15) is 130 Å². The van der Waals surface area contributed by atoms with Gasteiger partial charge in [-0.3, -0.25) is 4.79 Å². The zero-order valence-corrected chi connectivity index (χ0v) is 47.4. The van der Waals surface area contributed by atoms with Crippen molar-refractivity contribution in [3.05, 3.63) is 47.3 Å². The van der Waals surface area contributed by atoms with Crippen molar-refractivity contribution < 1.29 is 71.2 Å². The van der Waals surface area contributed by atoms with Gasteiger partial charge >= 0.3 is 5.97 Å². The number of benzene rings is 1. The fraction of sp³-hybridized carbons (Fsp3) is 0.830. The Kier molecular flexibility index (Phi) is 21.6. The number of nitrogens with zero attached hydrogens (tertiary/aromatic N) is 5. The van der Waals surface area contributed by atoms with Crippen LogP contribution in [0.15, 0.2) is 30.5 Å². The fourth-order valence-electron chi connectivity index (χ4n) is 11.6. The van der Waals surface area contributed by atoms with E-state index in [0.717, 1.165) is 0 Å². The highest BCUT2D eigenvalue weighted by atomic mass is 32.2. The summed E-state index contributed by atoms with van der Waals surface area (Å²) in [5.74, 6) is -2.73. The number of hydrogen-bond donors (Lipinski definition) is 4. The molecule has 0 aliphatic carbocycles. The minimum absolute atomic E-state index is 0.0427. The Labute approximate surface area is 439 Å². The summed E-state index contributed by atoms with van der Waals surface area (Å²) in [5, 5.41) is 56.2. The molecule has 3 saturated heterocycles. The zero-order valence-electron chi connectivity index (χ0n) is 46.6.